The van der Waals surface area contributed by atoms with Crippen molar-refractivity contribution < 1.29 is 27.5 Å². The lowest BCUT2D eigenvalue weighted by molar-refractivity contribution is -0.140. The molecule has 1 atom stereocenters. The predicted octanol–water partition coefficient (Wildman–Crippen LogP) is 5.91. The number of benzene rings is 4. The Balaban J connectivity index is 1.58. The van der Waals surface area contributed by atoms with Gasteiger partial charge in [0.1, 0.15) is 12.6 Å². The normalized spacial score (nSPS) is 13.8. The summed E-state index contributed by atoms with van der Waals surface area (Å²) >= 11 is 0. The van der Waals surface area contributed by atoms with Crippen molar-refractivity contribution in [3.8, 4) is 11.5 Å². The van der Waals surface area contributed by atoms with Crippen LogP contribution in [0.1, 0.15) is 42.4 Å². The summed E-state index contributed by atoms with van der Waals surface area (Å²) in [6.07, 6.45) is 4.12. The molecule has 4 aromatic carbocycles. The number of methoxy groups -OCH3 is 2. The zero-order valence-corrected chi connectivity index (χ0v) is 28.5. The summed E-state index contributed by atoms with van der Waals surface area (Å²) in [5.74, 6) is -0.0515. The van der Waals surface area contributed by atoms with Crippen molar-refractivity contribution in [2.24, 2.45) is 0 Å². The van der Waals surface area contributed by atoms with Gasteiger partial charge >= 0.3 is 0 Å². The van der Waals surface area contributed by atoms with E-state index >= 15 is 0 Å². The Morgan fingerprint density at radius 1 is 0.812 bits per heavy atom. The Bertz CT molecular complexity index is 1780. The molecular formula is C38H43N3O6S. The summed E-state index contributed by atoms with van der Waals surface area (Å²) in [6, 6.07) is 29.2. The Hall–Kier alpha value is -4.83. The maximum absolute atomic E-state index is 14.7. The average molecular weight is 670 g/mol. The number of aryl methyl sites for hydroxylation is 1. The van der Waals surface area contributed by atoms with Gasteiger partial charge in [-0.3, -0.25) is 13.9 Å². The summed E-state index contributed by atoms with van der Waals surface area (Å²) in [7, 11) is -1.29. The second kappa shape index (κ2) is 15.8. The average Bonchev–Trinajstić information content (AvgIpc) is 3.63. The molecule has 0 aliphatic heterocycles. The predicted molar refractivity (Wildman–Crippen MR) is 187 cm³/mol. The standard InChI is InChI=1S/C38H43N3O6S/c1-28-18-20-30(21-19-28)26-40(34(24-29-12-6-4-7-13-29)38(43)39-31-14-10-11-15-31)37(42)27-41(48(44,45)33-16-8-5-9-17-33)32-22-23-35(46-2)36(25-32)47-3/h4-9,12-13,16-23,25,31,34H,10-11,14-15,24,26-27H2,1-3H3,(H,39,43). The van der Waals surface area contributed by atoms with E-state index in [9.17, 15) is 18.0 Å². The molecule has 2 amide bonds. The number of nitrogens with zero attached hydrogens (tertiary/aromatic N) is 2. The van der Waals surface area contributed by atoms with E-state index in [0.29, 0.717) is 11.5 Å². The van der Waals surface area contributed by atoms with Crippen LogP contribution in [0.15, 0.2) is 108 Å². The first-order chi connectivity index (χ1) is 23.2. The molecule has 1 aliphatic carbocycles. The number of amides is 2. The molecule has 0 bridgehead atoms. The van der Waals surface area contributed by atoms with E-state index < -0.39 is 28.5 Å². The Labute approximate surface area is 283 Å². The fraction of sp³-hybridized carbons (Fsp3) is 0.316. The Morgan fingerprint density at radius 3 is 2.06 bits per heavy atom. The fourth-order valence-corrected chi connectivity index (χ4v) is 7.47. The zero-order chi connectivity index (χ0) is 34.1. The number of carbonyl (C=O) groups excluding carboxylic acids is 2. The van der Waals surface area contributed by atoms with Gasteiger partial charge in [0.15, 0.2) is 11.5 Å². The van der Waals surface area contributed by atoms with Gasteiger partial charge in [0.05, 0.1) is 24.8 Å². The fourth-order valence-electron chi connectivity index (χ4n) is 6.04. The summed E-state index contributed by atoms with van der Waals surface area (Å²) in [6.45, 7) is 1.54. The third kappa shape index (κ3) is 8.36. The van der Waals surface area contributed by atoms with E-state index in [1.54, 1.807) is 30.3 Å². The lowest BCUT2D eigenvalue weighted by Gasteiger charge is -2.34. The summed E-state index contributed by atoms with van der Waals surface area (Å²) in [5, 5.41) is 3.20. The summed E-state index contributed by atoms with van der Waals surface area (Å²) in [5.41, 5.74) is 2.99. The van der Waals surface area contributed by atoms with E-state index in [0.717, 1.165) is 46.7 Å². The van der Waals surface area contributed by atoms with Crippen molar-refractivity contribution in [1.82, 2.24) is 10.2 Å². The molecule has 1 saturated carbocycles. The van der Waals surface area contributed by atoms with Crippen molar-refractivity contribution >= 4 is 27.5 Å². The van der Waals surface area contributed by atoms with E-state index in [1.807, 2.05) is 61.5 Å². The Kier molecular flexibility index (Phi) is 11.4. The highest BCUT2D eigenvalue weighted by Gasteiger charge is 2.35. The van der Waals surface area contributed by atoms with Crippen LogP contribution in [-0.4, -0.2) is 58.0 Å². The number of rotatable bonds is 14. The lowest BCUT2D eigenvalue weighted by Crippen LogP contribution is -2.54. The maximum atomic E-state index is 14.7. The van der Waals surface area contributed by atoms with Crippen LogP contribution in [0.2, 0.25) is 0 Å². The third-order valence-corrected chi connectivity index (χ3v) is 10.5. The number of hydrogen-bond donors (Lipinski definition) is 1. The van der Waals surface area contributed by atoms with Crippen LogP contribution in [0.3, 0.4) is 0 Å². The van der Waals surface area contributed by atoms with Crippen molar-refractivity contribution in [1.29, 1.82) is 0 Å². The summed E-state index contributed by atoms with van der Waals surface area (Å²) in [4.78, 5) is 30.4. The molecule has 48 heavy (non-hydrogen) atoms. The van der Waals surface area contributed by atoms with Crippen LogP contribution < -0.4 is 19.1 Å². The molecule has 9 nitrogen and oxygen atoms in total. The molecule has 0 spiro atoms. The largest absolute Gasteiger partial charge is 0.493 e. The van der Waals surface area contributed by atoms with Crippen molar-refractivity contribution in [3.05, 3.63) is 120 Å². The highest BCUT2D eigenvalue weighted by atomic mass is 32.2. The van der Waals surface area contributed by atoms with E-state index in [1.165, 1.54) is 37.3 Å². The number of ether oxygens (including phenoxy) is 2. The SMILES string of the molecule is COc1ccc(N(CC(=O)N(Cc2ccc(C)cc2)C(Cc2ccccc2)C(=O)NC2CCCC2)S(=O)(=O)c2ccccc2)cc1OC. The smallest absolute Gasteiger partial charge is 0.264 e. The van der Waals surface area contributed by atoms with E-state index in [-0.39, 0.29) is 35.5 Å². The van der Waals surface area contributed by atoms with Gasteiger partial charge < -0.3 is 19.7 Å². The number of hydrogen-bond acceptors (Lipinski definition) is 6. The van der Waals surface area contributed by atoms with Gasteiger partial charge in [0.2, 0.25) is 11.8 Å². The van der Waals surface area contributed by atoms with Crippen LogP contribution >= 0.6 is 0 Å². The van der Waals surface area contributed by atoms with Gasteiger partial charge in [-0.15, -0.1) is 0 Å². The van der Waals surface area contributed by atoms with Crippen LogP contribution in [-0.2, 0) is 32.6 Å². The molecule has 0 heterocycles. The zero-order valence-electron chi connectivity index (χ0n) is 27.7. The van der Waals surface area contributed by atoms with Crippen molar-refractivity contribution in [2.45, 2.75) is 62.6 Å². The minimum Gasteiger partial charge on any atom is -0.493 e. The second-order valence-corrected chi connectivity index (χ2v) is 13.9. The molecule has 1 aliphatic rings. The molecule has 1 unspecified atom stereocenters. The quantitative estimate of drug-likeness (QED) is 0.179. The van der Waals surface area contributed by atoms with Gasteiger partial charge in [-0.2, -0.15) is 0 Å². The van der Waals surface area contributed by atoms with Crippen LogP contribution in [0, 0.1) is 6.92 Å². The third-order valence-electron chi connectivity index (χ3n) is 8.71. The molecule has 4 aromatic rings. The number of carbonyl (C=O) groups is 2. The minimum absolute atomic E-state index is 0.0254. The summed E-state index contributed by atoms with van der Waals surface area (Å²) < 4.78 is 40.5. The second-order valence-electron chi connectivity index (χ2n) is 12.1. The van der Waals surface area contributed by atoms with Crippen LogP contribution in [0.5, 0.6) is 11.5 Å². The lowest BCUT2D eigenvalue weighted by atomic mass is 10.0. The van der Waals surface area contributed by atoms with Gasteiger partial charge in [-0.1, -0.05) is 91.2 Å². The maximum Gasteiger partial charge on any atom is 0.264 e. The van der Waals surface area contributed by atoms with Gasteiger partial charge in [-0.05, 0) is 55.2 Å². The highest BCUT2D eigenvalue weighted by Crippen LogP contribution is 2.34. The number of nitrogens with one attached hydrogen (secondary N) is 1. The molecule has 0 radical (unpaired) electrons. The highest BCUT2D eigenvalue weighted by molar-refractivity contribution is 7.92. The first kappa shape index (κ1) is 34.5. The first-order valence-electron chi connectivity index (χ1n) is 16.2. The molecule has 0 aromatic heterocycles. The van der Waals surface area contributed by atoms with Gasteiger partial charge in [0.25, 0.3) is 10.0 Å². The van der Waals surface area contributed by atoms with Crippen molar-refractivity contribution in [3.63, 3.8) is 0 Å². The molecular weight excluding hydrogens is 627 g/mol. The number of sulfonamides is 1. The molecule has 5 rings (SSSR count). The monoisotopic (exact) mass is 669 g/mol. The van der Waals surface area contributed by atoms with E-state index in [4.69, 9.17) is 9.47 Å². The molecule has 1 fully saturated rings. The molecule has 1 N–H and O–H groups in total. The van der Waals surface area contributed by atoms with E-state index in [2.05, 4.69) is 5.32 Å². The van der Waals surface area contributed by atoms with Gasteiger partial charge in [-0.25, -0.2) is 8.42 Å². The Morgan fingerprint density at radius 2 is 1.44 bits per heavy atom. The van der Waals surface area contributed by atoms with Gasteiger partial charge in [0, 0.05) is 25.1 Å². The topological polar surface area (TPSA) is 105 Å². The molecule has 252 valence electrons. The molecule has 10 heteroatoms. The molecule has 0 saturated heterocycles. The number of anilines is 1. The van der Waals surface area contributed by atoms with Crippen LogP contribution in [0.4, 0.5) is 5.69 Å². The minimum atomic E-state index is -4.24. The van der Waals surface area contributed by atoms with Crippen molar-refractivity contribution in [2.75, 3.05) is 25.1 Å². The van der Waals surface area contributed by atoms with Crippen LogP contribution in [0.25, 0.3) is 0 Å². The first-order valence-corrected chi connectivity index (χ1v) is 17.6.